The maximum Gasteiger partial charge on any atom is 0.265 e. The van der Waals surface area contributed by atoms with E-state index in [1.807, 2.05) is 37.3 Å². The van der Waals surface area contributed by atoms with E-state index >= 15 is 0 Å². The summed E-state index contributed by atoms with van der Waals surface area (Å²) in [6, 6.07) is 9.88. The van der Waals surface area contributed by atoms with Gasteiger partial charge >= 0.3 is 0 Å². The number of nitrogens with one attached hydrogen (secondary N) is 1. The molecule has 0 radical (unpaired) electrons. The molecule has 7 heteroatoms. The first kappa shape index (κ1) is 16.2. The molecule has 25 heavy (non-hydrogen) atoms. The number of aromatic nitrogens is 1. The Balaban J connectivity index is 1.61. The predicted octanol–water partition coefficient (Wildman–Crippen LogP) is 1.71. The van der Waals surface area contributed by atoms with Crippen LogP contribution < -0.4 is 5.32 Å². The summed E-state index contributed by atoms with van der Waals surface area (Å²) in [6.07, 6.45) is 1.99. The van der Waals surface area contributed by atoms with E-state index in [-0.39, 0.29) is 24.5 Å². The second-order valence-corrected chi connectivity index (χ2v) is 7.66. The summed E-state index contributed by atoms with van der Waals surface area (Å²) >= 11 is 1.40. The van der Waals surface area contributed by atoms with Crippen molar-refractivity contribution in [1.29, 1.82) is 0 Å². The largest absolute Gasteiger partial charge is 0.364 e. The van der Waals surface area contributed by atoms with Crippen molar-refractivity contribution >= 4 is 23.2 Å². The molecule has 2 aromatic rings. The summed E-state index contributed by atoms with van der Waals surface area (Å²) in [5.74, 6) is -0.134. The molecule has 2 saturated heterocycles. The molecule has 1 aromatic carbocycles. The van der Waals surface area contributed by atoms with Crippen LogP contribution in [0.2, 0.25) is 0 Å². The molecule has 2 amide bonds. The average molecular weight is 357 g/mol. The monoisotopic (exact) mass is 357 g/mol. The van der Waals surface area contributed by atoms with Crippen LogP contribution in [0.1, 0.15) is 26.7 Å². The second-order valence-electron chi connectivity index (χ2n) is 6.43. The summed E-state index contributed by atoms with van der Waals surface area (Å²) in [4.78, 5) is 31.4. The number of rotatable bonds is 2. The number of thiazole rings is 1. The number of morpholine rings is 1. The number of piperidine rings is 1. The van der Waals surface area contributed by atoms with Crippen LogP contribution >= 0.6 is 11.3 Å². The maximum absolute atomic E-state index is 12.7. The summed E-state index contributed by atoms with van der Waals surface area (Å²) in [5, 5.41) is 4.01. The number of aryl methyl sites for hydroxylation is 1. The zero-order chi connectivity index (χ0) is 17.4. The minimum atomic E-state index is -0.572. The smallest absolute Gasteiger partial charge is 0.265 e. The van der Waals surface area contributed by atoms with Crippen molar-refractivity contribution in [1.82, 2.24) is 15.2 Å². The van der Waals surface area contributed by atoms with Crippen LogP contribution in [-0.4, -0.2) is 47.5 Å². The number of benzene rings is 1. The number of likely N-dealkylation sites (tertiary alicyclic amines) is 1. The highest BCUT2D eigenvalue weighted by Crippen LogP contribution is 2.37. The zero-order valence-corrected chi connectivity index (χ0v) is 14.7. The van der Waals surface area contributed by atoms with Crippen LogP contribution in [0, 0.1) is 6.92 Å². The number of carbonyl (C=O) groups is 2. The lowest BCUT2D eigenvalue weighted by Crippen LogP contribution is -2.67. The van der Waals surface area contributed by atoms with Gasteiger partial charge in [0.2, 0.25) is 5.91 Å². The summed E-state index contributed by atoms with van der Waals surface area (Å²) < 4.78 is 5.86. The van der Waals surface area contributed by atoms with Gasteiger partial charge in [-0.25, -0.2) is 4.98 Å². The number of ether oxygens (including phenoxy) is 1. The van der Waals surface area contributed by atoms with E-state index in [0.29, 0.717) is 24.4 Å². The normalized spacial score (nSPS) is 26.0. The van der Waals surface area contributed by atoms with Crippen molar-refractivity contribution in [3.63, 3.8) is 0 Å². The molecule has 2 atom stereocenters. The fraction of sp³-hybridized carbons (Fsp3) is 0.389. The van der Waals surface area contributed by atoms with E-state index < -0.39 is 5.54 Å². The highest BCUT2D eigenvalue weighted by Gasteiger charge is 2.49. The van der Waals surface area contributed by atoms with Crippen LogP contribution in [-0.2, 0) is 15.1 Å². The lowest BCUT2D eigenvalue weighted by molar-refractivity contribution is -0.150. The third kappa shape index (κ3) is 2.83. The Hall–Kier alpha value is -2.25. The van der Waals surface area contributed by atoms with E-state index in [0.717, 1.165) is 10.6 Å². The van der Waals surface area contributed by atoms with E-state index in [2.05, 4.69) is 10.3 Å². The fourth-order valence-corrected chi connectivity index (χ4v) is 4.40. The van der Waals surface area contributed by atoms with Gasteiger partial charge in [-0.15, -0.1) is 11.3 Å². The van der Waals surface area contributed by atoms with Gasteiger partial charge in [-0.05, 0) is 18.9 Å². The molecule has 1 N–H and O–H groups in total. The second kappa shape index (κ2) is 6.24. The topological polar surface area (TPSA) is 71.5 Å². The molecule has 6 nitrogen and oxygen atoms in total. The molecule has 1 aromatic heterocycles. The van der Waals surface area contributed by atoms with E-state index in [4.69, 9.17) is 4.74 Å². The van der Waals surface area contributed by atoms with E-state index in [9.17, 15) is 9.59 Å². The van der Waals surface area contributed by atoms with Crippen molar-refractivity contribution in [2.45, 2.75) is 25.0 Å². The minimum absolute atomic E-state index is 0.0206. The Morgan fingerprint density at radius 2 is 2.20 bits per heavy atom. The van der Waals surface area contributed by atoms with Crippen LogP contribution in [0.5, 0.6) is 0 Å². The Morgan fingerprint density at radius 1 is 1.40 bits per heavy atom. The van der Waals surface area contributed by atoms with E-state index in [1.54, 1.807) is 11.1 Å². The van der Waals surface area contributed by atoms with Gasteiger partial charge < -0.3 is 15.0 Å². The van der Waals surface area contributed by atoms with Crippen LogP contribution in [0.4, 0.5) is 0 Å². The molecule has 130 valence electrons. The van der Waals surface area contributed by atoms with Gasteiger partial charge in [0.1, 0.15) is 17.6 Å². The lowest BCUT2D eigenvalue weighted by Gasteiger charge is -2.50. The summed E-state index contributed by atoms with van der Waals surface area (Å²) in [6.45, 7) is 2.93. The molecule has 4 rings (SSSR count). The molecular weight excluding hydrogens is 338 g/mol. The van der Waals surface area contributed by atoms with Crippen molar-refractivity contribution in [3.05, 3.63) is 52.0 Å². The van der Waals surface area contributed by atoms with E-state index in [1.165, 1.54) is 11.3 Å². The number of hydrogen-bond acceptors (Lipinski definition) is 5. The molecule has 2 fully saturated rings. The molecule has 0 saturated carbocycles. The third-order valence-corrected chi connectivity index (χ3v) is 5.80. The predicted molar refractivity (Wildman–Crippen MR) is 93.4 cm³/mol. The highest BCUT2D eigenvalue weighted by molar-refractivity contribution is 7.13. The molecular formula is C18H19N3O3S. The fourth-order valence-electron chi connectivity index (χ4n) is 3.66. The standard InChI is InChI=1S/C18H19N3O3S/c1-12-19-9-14(25-12)17(23)21-8-7-18(13-5-3-2-4-6-13)15(10-21)24-11-16(22)20-18/h2-6,9,15H,7-8,10-11H2,1H3,(H,20,22)/t15-,18+/m1/s1. The minimum Gasteiger partial charge on any atom is -0.364 e. The Labute approximate surface area is 149 Å². The van der Waals surface area contributed by atoms with Crippen molar-refractivity contribution in [2.75, 3.05) is 19.7 Å². The van der Waals surface area contributed by atoms with Crippen molar-refractivity contribution in [3.8, 4) is 0 Å². The van der Waals surface area contributed by atoms with Crippen molar-refractivity contribution < 1.29 is 14.3 Å². The molecule has 3 heterocycles. The van der Waals surface area contributed by atoms with Crippen LogP contribution in [0.15, 0.2) is 36.5 Å². The molecule has 2 aliphatic rings. The Morgan fingerprint density at radius 3 is 2.92 bits per heavy atom. The number of carbonyl (C=O) groups excluding carboxylic acids is 2. The first-order valence-electron chi connectivity index (χ1n) is 8.28. The van der Waals surface area contributed by atoms with Gasteiger partial charge in [0, 0.05) is 13.1 Å². The van der Waals surface area contributed by atoms with Gasteiger partial charge in [0.15, 0.2) is 0 Å². The number of fused-ring (bicyclic) bond motifs is 1. The molecule has 0 bridgehead atoms. The SMILES string of the molecule is Cc1ncc(C(=O)N2CC[C@@]3(c4ccccc4)NC(=O)CO[C@@H]3C2)s1. The van der Waals surface area contributed by atoms with Gasteiger partial charge in [-0.1, -0.05) is 30.3 Å². The van der Waals surface area contributed by atoms with Gasteiger partial charge in [0.25, 0.3) is 5.91 Å². The Kier molecular flexibility index (Phi) is 4.05. The molecule has 0 spiro atoms. The quantitative estimate of drug-likeness (QED) is 0.888. The van der Waals surface area contributed by atoms with Crippen LogP contribution in [0.3, 0.4) is 0 Å². The summed E-state index contributed by atoms with van der Waals surface area (Å²) in [7, 11) is 0. The van der Waals surface area contributed by atoms with Gasteiger partial charge in [-0.3, -0.25) is 9.59 Å². The lowest BCUT2D eigenvalue weighted by atomic mass is 9.77. The number of amides is 2. The molecule has 2 aliphatic heterocycles. The first-order chi connectivity index (χ1) is 12.1. The van der Waals surface area contributed by atoms with Gasteiger partial charge in [0.05, 0.1) is 16.7 Å². The Bertz CT molecular complexity index is 807. The highest BCUT2D eigenvalue weighted by atomic mass is 32.1. The summed E-state index contributed by atoms with van der Waals surface area (Å²) in [5.41, 5.74) is 0.450. The zero-order valence-electron chi connectivity index (χ0n) is 13.9. The molecule has 0 aliphatic carbocycles. The maximum atomic E-state index is 12.7. The number of nitrogens with zero attached hydrogens (tertiary/aromatic N) is 2. The third-order valence-electron chi connectivity index (χ3n) is 4.90. The van der Waals surface area contributed by atoms with Crippen LogP contribution in [0.25, 0.3) is 0 Å². The number of hydrogen-bond donors (Lipinski definition) is 1. The average Bonchev–Trinajstić information content (AvgIpc) is 3.07. The first-order valence-corrected chi connectivity index (χ1v) is 9.10. The van der Waals surface area contributed by atoms with Gasteiger partial charge in [-0.2, -0.15) is 0 Å². The molecule has 0 unspecified atom stereocenters. The van der Waals surface area contributed by atoms with Crippen molar-refractivity contribution in [2.24, 2.45) is 0 Å².